The van der Waals surface area contributed by atoms with Crippen molar-refractivity contribution in [3.63, 3.8) is 0 Å². The number of para-hydroxylation sites is 1. The quantitative estimate of drug-likeness (QED) is 0.317. The summed E-state index contributed by atoms with van der Waals surface area (Å²) in [6, 6.07) is 31.6. The molecule has 1 heterocycles. The second kappa shape index (κ2) is 9.49. The van der Waals surface area contributed by atoms with E-state index in [9.17, 15) is 14.4 Å². The lowest BCUT2D eigenvalue weighted by molar-refractivity contribution is 0.101. The molecule has 0 aliphatic carbocycles. The first kappa shape index (κ1) is 21.9. The number of carbonyl (C=O) groups excluding carboxylic acids is 2. The lowest BCUT2D eigenvalue weighted by atomic mass is 10.0. The van der Waals surface area contributed by atoms with Gasteiger partial charge in [0.25, 0.3) is 11.8 Å². The fourth-order valence-corrected chi connectivity index (χ4v) is 3.72. The topological polar surface area (TPSA) is 88.4 Å². The maximum absolute atomic E-state index is 12.9. The van der Waals surface area contributed by atoms with Crippen molar-refractivity contribution in [3.8, 4) is 11.1 Å². The molecule has 0 atom stereocenters. The molecule has 6 heteroatoms. The van der Waals surface area contributed by atoms with E-state index in [1.54, 1.807) is 91.0 Å². The molecule has 2 amide bonds. The standard InChI is InChI=1S/C29H20N2O4/c32-27(19-7-2-1-3-8-19)30-23-13-15-24(16-14-23)31-28(33)22-11-6-10-20(17-22)25-18-21-9-4-5-12-26(21)35-29(25)34/h1-18H,(H,30,32)(H,31,33). The summed E-state index contributed by atoms with van der Waals surface area (Å²) in [6.07, 6.45) is 0. The number of rotatable bonds is 5. The molecule has 170 valence electrons. The molecule has 0 spiro atoms. The van der Waals surface area contributed by atoms with Gasteiger partial charge in [0.05, 0.1) is 5.56 Å². The molecular weight excluding hydrogens is 440 g/mol. The van der Waals surface area contributed by atoms with Crippen LogP contribution in [0.2, 0.25) is 0 Å². The normalized spacial score (nSPS) is 10.6. The van der Waals surface area contributed by atoms with Crippen molar-refractivity contribution in [1.29, 1.82) is 0 Å². The average Bonchev–Trinajstić information content (AvgIpc) is 2.90. The van der Waals surface area contributed by atoms with E-state index in [1.807, 2.05) is 18.2 Å². The number of benzene rings is 4. The summed E-state index contributed by atoms with van der Waals surface area (Å²) in [4.78, 5) is 37.7. The van der Waals surface area contributed by atoms with Gasteiger partial charge in [0.1, 0.15) is 5.58 Å². The molecule has 35 heavy (non-hydrogen) atoms. The molecular formula is C29H20N2O4. The molecule has 0 saturated carbocycles. The summed E-state index contributed by atoms with van der Waals surface area (Å²) in [5, 5.41) is 6.47. The Labute approximate surface area is 200 Å². The Balaban J connectivity index is 1.31. The molecule has 5 rings (SSSR count). The zero-order chi connectivity index (χ0) is 24.2. The Kier molecular flexibility index (Phi) is 5.92. The van der Waals surface area contributed by atoms with Crippen LogP contribution in [0, 0.1) is 0 Å². The fraction of sp³-hybridized carbons (Fsp3) is 0. The number of fused-ring (bicyclic) bond motifs is 1. The van der Waals surface area contributed by atoms with Crippen molar-refractivity contribution in [2.45, 2.75) is 0 Å². The van der Waals surface area contributed by atoms with Crippen LogP contribution >= 0.6 is 0 Å². The van der Waals surface area contributed by atoms with Gasteiger partial charge in [-0.3, -0.25) is 9.59 Å². The Bertz CT molecular complexity index is 1590. The first-order valence-electron chi connectivity index (χ1n) is 11.0. The third kappa shape index (κ3) is 4.86. The zero-order valence-electron chi connectivity index (χ0n) is 18.5. The summed E-state index contributed by atoms with van der Waals surface area (Å²) >= 11 is 0. The van der Waals surface area contributed by atoms with Crippen LogP contribution in [0.3, 0.4) is 0 Å². The maximum Gasteiger partial charge on any atom is 0.344 e. The lowest BCUT2D eigenvalue weighted by Crippen LogP contribution is -2.13. The number of amides is 2. The average molecular weight is 460 g/mol. The number of hydrogen-bond acceptors (Lipinski definition) is 4. The lowest BCUT2D eigenvalue weighted by Gasteiger charge is -2.09. The van der Waals surface area contributed by atoms with Crippen molar-refractivity contribution in [3.05, 3.63) is 131 Å². The van der Waals surface area contributed by atoms with E-state index in [-0.39, 0.29) is 11.8 Å². The highest BCUT2D eigenvalue weighted by Gasteiger charge is 2.12. The Morgan fingerprint density at radius 1 is 0.600 bits per heavy atom. The predicted molar refractivity (Wildman–Crippen MR) is 137 cm³/mol. The first-order valence-corrected chi connectivity index (χ1v) is 11.0. The minimum atomic E-state index is -0.464. The van der Waals surface area contributed by atoms with Crippen LogP contribution in [0.1, 0.15) is 20.7 Å². The van der Waals surface area contributed by atoms with Crippen LogP contribution in [0.4, 0.5) is 11.4 Å². The third-order valence-corrected chi connectivity index (χ3v) is 5.51. The number of hydrogen-bond donors (Lipinski definition) is 2. The van der Waals surface area contributed by atoms with Crippen LogP contribution in [-0.4, -0.2) is 11.8 Å². The second-order valence-corrected chi connectivity index (χ2v) is 7.92. The van der Waals surface area contributed by atoms with E-state index in [1.165, 1.54) is 0 Å². The van der Waals surface area contributed by atoms with E-state index in [0.29, 0.717) is 39.2 Å². The van der Waals surface area contributed by atoms with Crippen molar-refractivity contribution in [2.24, 2.45) is 0 Å². The van der Waals surface area contributed by atoms with Crippen LogP contribution in [0.5, 0.6) is 0 Å². The summed E-state index contributed by atoms with van der Waals surface area (Å²) in [7, 11) is 0. The van der Waals surface area contributed by atoms with E-state index in [2.05, 4.69) is 10.6 Å². The summed E-state index contributed by atoms with van der Waals surface area (Å²) in [5.74, 6) is -0.532. The molecule has 4 aromatic carbocycles. The minimum Gasteiger partial charge on any atom is -0.422 e. The molecule has 1 aromatic heterocycles. The Hall–Kier alpha value is -4.97. The molecule has 0 saturated heterocycles. The molecule has 0 fully saturated rings. The van der Waals surface area contributed by atoms with Gasteiger partial charge in [-0.1, -0.05) is 48.5 Å². The monoisotopic (exact) mass is 460 g/mol. The van der Waals surface area contributed by atoms with Crippen LogP contribution < -0.4 is 16.3 Å². The van der Waals surface area contributed by atoms with Crippen molar-refractivity contribution < 1.29 is 14.0 Å². The van der Waals surface area contributed by atoms with Crippen LogP contribution in [-0.2, 0) is 0 Å². The molecule has 2 N–H and O–H groups in total. The van der Waals surface area contributed by atoms with Gasteiger partial charge in [0, 0.05) is 27.9 Å². The highest BCUT2D eigenvalue weighted by molar-refractivity contribution is 6.06. The second-order valence-electron chi connectivity index (χ2n) is 7.92. The highest BCUT2D eigenvalue weighted by Crippen LogP contribution is 2.23. The van der Waals surface area contributed by atoms with Crippen LogP contribution in [0.25, 0.3) is 22.1 Å². The summed E-state index contributed by atoms with van der Waals surface area (Å²) in [6.45, 7) is 0. The van der Waals surface area contributed by atoms with Gasteiger partial charge in [-0.2, -0.15) is 0 Å². The third-order valence-electron chi connectivity index (χ3n) is 5.51. The van der Waals surface area contributed by atoms with Gasteiger partial charge in [-0.05, 0) is 66.2 Å². The molecule has 6 nitrogen and oxygen atoms in total. The SMILES string of the molecule is O=C(Nc1ccc(NC(=O)c2cccc(-c3cc4ccccc4oc3=O)c2)cc1)c1ccccc1. The van der Waals surface area contributed by atoms with Gasteiger partial charge in [-0.15, -0.1) is 0 Å². The number of nitrogens with one attached hydrogen (secondary N) is 2. The van der Waals surface area contributed by atoms with E-state index < -0.39 is 5.63 Å². The van der Waals surface area contributed by atoms with Gasteiger partial charge >= 0.3 is 5.63 Å². The highest BCUT2D eigenvalue weighted by atomic mass is 16.4. The smallest absolute Gasteiger partial charge is 0.344 e. The molecule has 5 aromatic rings. The molecule has 0 aliphatic heterocycles. The van der Waals surface area contributed by atoms with Crippen molar-refractivity contribution in [2.75, 3.05) is 10.6 Å². The Morgan fingerprint density at radius 2 is 1.20 bits per heavy atom. The van der Waals surface area contributed by atoms with Gasteiger partial charge < -0.3 is 15.1 Å². The Morgan fingerprint density at radius 3 is 1.91 bits per heavy atom. The molecule has 0 radical (unpaired) electrons. The molecule has 0 aliphatic rings. The van der Waals surface area contributed by atoms with Crippen molar-refractivity contribution in [1.82, 2.24) is 0 Å². The maximum atomic E-state index is 12.9. The largest absolute Gasteiger partial charge is 0.422 e. The van der Waals surface area contributed by atoms with E-state index >= 15 is 0 Å². The molecule has 0 bridgehead atoms. The number of anilines is 2. The van der Waals surface area contributed by atoms with Gasteiger partial charge in [-0.25, -0.2) is 4.79 Å². The van der Waals surface area contributed by atoms with Crippen molar-refractivity contribution >= 4 is 34.2 Å². The summed E-state index contributed by atoms with van der Waals surface area (Å²) < 4.78 is 5.42. The van der Waals surface area contributed by atoms with E-state index in [0.717, 1.165) is 5.39 Å². The van der Waals surface area contributed by atoms with Gasteiger partial charge in [0.15, 0.2) is 0 Å². The van der Waals surface area contributed by atoms with Crippen LogP contribution in [0.15, 0.2) is 118 Å². The molecule has 0 unspecified atom stereocenters. The fourth-order valence-electron chi connectivity index (χ4n) is 3.72. The van der Waals surface area contributed by atoms with Gasteiger partial charge in [0.2, 0.25) is 0 Å². The first-order chi connectivity index (χ1) is 17.1. The number of carbonyl (C=O) groups is 2. The van der Waals surface area contributed by atoms with E-state index in [4.69, 9.17) is 4.42 Å². The summed E-state index contributed by atoms with van der Waals surface area (Å²) in [5.41, 5.74) is 3.17. The zero-order valence-corrected chi connectivity index (χ0v) is 18.5. The predicted octanol–water partition coefficient (Wildman–Crippen LogP) is 5.96. The minimum absolute atomic E-state index is 0.211.